The first kappa shape index (κ1) is 15.1. The number of hydrogen-bond donors (Lipinski definition) is 2. The summed E-state index contributed by atoms with van der Waals surface area (Å²) in [5.41, 5.74) is 1.05. The second kappa shape index (κ2) is 6.13. The van der Waals surface area contributed by atoms with E-state index in [-0.39, 0.29) is 17.7 Å². The second-order valence-corrected chi connectivity index (χ2v) is 6.45. The van der Waals surface area contributed by atoms with E-state index in [1.54, 1.807) is 0 Å². The summed E-state index contributed by atoms with van der Waals surface area (Å²) in [5, 5.41) is 12.9. The molecule has 3 rings (SSSR count). The maximum Gasteiger partial charge on any atom is 0.307 e. The van der Waals surface area contributed by atoms with Crippen LogP contribution >= 0.6 is 11.6 Å². The Morgan fingerprint density at radius 3 is 2.64 bits per heavy atom. The van der Waals surface area contributed by atoms with Gasteiger partial charge in [0.2, 0.25) is 5.91 Å². The van der Waals surface area contributed by atoms with Crippen molar-refractivity contribution in [3.8, 4) is 0 Å². The zero-order valence-corrected chi connectivity index (χ0v) is 12.8. The summed E-state index contributed by atoms with van der Waals surface area (Å²) in [6.07, 6.45) is 5.40. The van der Waals surface area contributed by atoms with Crippen LogP contribution in [0.25, 0.3) is 0 Å². The minimum absolute atomic E-state index is 0.00572. The summed E-state index contributed by atoms with van der Waals surface area (Å²) in [6.45, 7) is 0.489. The summed E-state index contributed by atoms with van der Waals surface area (Å²) in [7, 11) is 0. The van der Waals surface area contributed by atoms with E-state index in [4.69, 9.17) is 11.6 Å². The first-order chi connectivity index (χ1) is 10.6. The van der Waals surface area contributed by atoms with Crippen LogP contribution < -0.4 is 5.32 Å². The molecule has 0 unspecified atom stereocenters. The molecule has 5 heteroatoms. The van der Waals surface area contributed by atoms with Crippen molar-refractivity contribution in [3.05, 3.63) is 47.0 Å². The Bertz CT molecular complexity index is 628. The standard InChI is InChI=1S/C17H18ClNO3/c18-13-3-1-2-10(8-13)6-7-19-16(20)14-11-4-5-12(9-11)15(14)17(21)22/h1-5,8,11-12,14-15H,6-7,9H2,(H,19,20)(H,21,22)/t11-,12-,14-,15+/m0/s1. The minimum atomic E-state index is -0.869. The predicted molar refractivity (Wildman–Crippen MR) is 83.5 cm³/mol. The molecule has 0 saturated heterocycles. The molecule has 1 aromatic carbocycles. The molecular formula is C17H18ClNO3. The summed E-state index contributed by atoms with van der Waals surface area (Å²) >= 11 is 5.93. The van der Waals surface area contributed by atoms with Gasteiger partial charge in [-0.2, -0.15) is 0 Å². The number of carbonyl (C=O) groups is 2. The molecule has 2 bridgehead atoms. The normalized spacial score (nSPS) is 28.8. The zero-order chi connectivity index (χ0) is 15.7. The van der Waals surface area contributed by atoms with E-state index in [0.29, 0.717) is 18.0 Å². The fourth-order valence-corrected chi connectivity index (χ4v) is 3.87. The molecule has 0 aliphatic heterocycles. The van der Waals surface area contributed by atoms with Gasteiger partial charge in [0, 0.05) is 11.6 Å². The van der Waals surface area contributed by atoms with Gasteiger partial charge < -0.3 is 10.4 Å². The molecule has 22 heavy (non-hydrogen) atoms. The van der Waals surface area contributed by atoms with Gasteiger partial charge in [0.05, 0.1) is 11.8 Å². The van der Waals surface area contributed by atoms with Gasteiger partial charge in [-0.05, 0) is 42.4 Å². The number of benzene rings is 1. The van der Waals surface area contributed by atoms with Crippen molar-refractivity contribution in [1.29, 1.82) is 0 Å². The second-order valence-electron chi connectivity index (χ2n) is 6.01. The van der Waals surface area contributed by atoms with Gasteiger partial charge in [-0.3, -0.25) is 9.59 Å². The largest absolute Gasteiger partial charge is 0.481 e. The molecule has 1 aromatic rings. The van der Waals surface area contributed by atoms with Gasteiger partial charge >= 0.3 is 5.97 Å². The Morgan fingerprint density at radius 1 is 1.23 bits per heavy atom. The van der Waals surface area contributed by atoms with Gasteiger partial charge in [-0.1, -0.05) is 35.9 Å². The average Bonchev–Trinajstić information content (AvgIpc) is 3.07. The highest BCUT2D eigenvalue weighted by Crippen LogP contribution is 2.48. The molecule has 4 atom stereocenters. The molecular weight excluding hydrogens is 302 g/mol. The number of carboxylic acid groups (broad SMARTS) is 1. The van der Waals surface area contributed by atoms with E-state index >= 15 is 0 Å². The van der Waals surface area contributed by atoms with Crippen LogP contribution in [0.2, 0.25) is 5.02 Å². The van der Waals surface area contributed by atoms with E-state index < -0.39 is 17.8 Å². The van der Waals surface area contributed by atoms with Gasteiger partial charge in [-0.15, -0.1) is 0 Å². The number of carboxylic acids is 1. The van der Waals surface area contributed by atoms with Crippen LogP contribution in [-0.2, 0) is 16.0 Å². The first-order valence-corrected chi connectivity index (χ1v) is 7.87. The lowest BCUT2D eigenvalue weighted by atomic mass is 9.82. The Morgan fingerprint density at radius 2 is 1.95 bits per heavy atom. The number of nitrogens with one attached hydrogen (secondary N) is 1. The topological polar surface area (TPSA) is 66.4 Å². The van der Waals surface area contributed by atoms with Crippen LogP contribution in [-0.4, -0.2) is 23.5 Å². The Balaban J connectivity index is 1.58. The summed E-state index contributed by atoms with van der Waals surface area (Å²) in [4.78, 5) is 23.8. The fraction of sp³-hybridized carbons (Fsp3) is 0.412. The van der Waals surface area contributed by atoms with Crippen LogP contribution in [0, 0.1) is 23.7 Å². The molecule has 1 saturated carbocycles. The Kier molecular flexibility index (Phi) is 4.21. The van der Waals surface area contributed by atoms with Crippen LogP contribution in [0.5, 0.6) is 0 Å². The predicted octanol–water partition coefficient (Wildman–Crippen LogP) is 2.52. The molecule has 4 nitrogen and oxygen atoms in total. The van der Waals surface area contributed by atoms with Crippen LogP contribution in [0.4, 0.5) is 0 Å². The van der Waals surface area contributed by atoms with Crippen molar-refractivity contribution in [2.24, 2.45) is 23.7 Å². The zero-order valence-electron chi connectivity index (χ0n) is 12.0. The number of fused-ring (bicyclic) bond motifs is 2. The number of hydrogen-bond acceptors (Lipinski definition) is 2. The SMILES string of the molecule is O=C(NCCc1cccc(Cl)c1)[C@@H]1[C@H](C(=O)O)[C@H]2C=C[C@H]1C2. The summed E-state index contributed by atoms with van der Waals surface area (Å²) < 4.78 is 0. The van der Waals surface area contributed by atoms with Gasteiger partial charge in [-0.25, -0.2) is 0 Å². The van der Waals surface area contributed by atoms with Crippen molar-refractivity contribution in [1.82, 2.24) is 5.32 Å². The van der Waals surface area contributed by atoms with Crippen molar-refractivity contribution >= 4 is 23.5 Å². The van der Waals surface area contributed by atoms with Crippen molar-refractivity contribution < 1.29 is 14.7 Å². The maximum atomic E-state index is 12.4. The van der Waals surface area contributed by atoms with Crippen molar-refractivity contribution in [3.63, 3.8) is 0 Å². The van der Waals surface area contributed by atoms with Gasteiger partial charge in [0.1, 0.15) is 0 Å². The van der Waals surface area contributed by atoms with E-state index in [0.717, 1.165) is 12.0 Å². The lowest BCUT2D eigenvalue weighted by molar-refractivity contribution is -0.147. The monoisotopic (exact) mass is 319 g/mol. The Hall–Kier alpha value is -1.81. The molecule has 116 valence electrons. The number of aliphatic carboxylic acids is 1. The van der Waals surface area contributed by atoms with Crippen molar-refractivity contribution in [2.75, 3.05) is 6.54 Å². The fourth-order valence-electron chi connectivity index (χ4n) is 3.66. The molecule has 2 aliphatic rings. The molecule has 0 spiro atoms. The quantitative estimate of drug-likeness (QED) is 0.820. The van der Waals surface area contributed by atoms with Gasteiger partial charge in [0.25, 0.3) is 0 Å². The average molecular weight is 320 g/mol. The highest BCUT2D eigenvalue weighted by Gasteiger charge is 2.51. The maximum absolute atomic E-state index is 12.4. The summed E-state index contributed by atoms with van der Waals surface area (Å²) in [5.74, 6) is -1.96. The first-order valence-electron chi connectivity index (χ1n) is 7.49. The van der Waals surface area contributed by atoms with Gasteiger partial charge in [0.15, 0.2) is 0 Å². The number of halogens is 1. The number of rotatable bonds is 5. The minimum Gasteiger partial charge on any atom is -0.481 e. The smallest absolute Gasteiger partial charge is 0.307 e. The lowest BCUT2D eigenvalue weighted by Gasteiger charge is -2.23. The third-order valence-electron chi connectivity index (χ3n) is 4.65. The number of amides is 1. The van der Waals surface area contributed by atoms with Crippen molar-refractivity contribution in [2.45, 2.75) is 12.8 Å². The molecule has 2 aliphatic carbocycles. The molecule has 1 amide bonds. The molecule has 0 heterocycles. The number of allylic oxidation sites excluding steroid dienone is 2. The van der Waals surface area contributed by atoms with E-state index in [2.05, 4.69) is 5.32 Å². The van der Waals surface area contributed by atoms with Crippen LogP contribution in [0.1, 0.15) is 12.0 Å². The lowest BCUT2D eigenvalue weighted by Crippen LogP contribution is -2.40. The molecule has 1 fully saturated rings. The molecule has 0 radical (unpaired) electrons. The molecule has 0 aromatic heterocycles. The van der Waals surface area contributed by atoms with Crippen LogP contribution in [0.15, 0.2) is 36.4 Å². The third kappa shape index (κ3) is 2.88. The summed E-state index contributed by atoms with van der Waals surface area (Å²) in [6, 6.07) is 7.51. The van der Waals surface area contributed by atoms with E-state index in [1.165, 1.54) is 0 Å². The number of carbonyl (C=O) groups excluding carboxylic acids is 1. The molecule has 2 N–H and O–H groups in total. The van der Waals surface area contributed by atoms with E-state index in [1.807, 2.05) is 36.4 Å². The third-order valence-corrected chi connectivity index (χ3v) is 4.88. The highest BCUT2D eigenvalue weighted by molar-refractivity contribution is 6.30. The Labute approximate surface area is 134 Å². The highest BCUT2D eigenvalue weighted by atomic mass is 35.5. The van der Waals surface area contributed by atoms with Crippen LogP contribution in [0.3, 0.4) is 0 Å². The van der Waals surface area contributed by atoms with E-state index in [9.17, 15) is 14.7 Å².